The van der Waals surface area contributed by atoms with E-state index in [-0.39, 0.29) is 36.6 Å². The molecule has 2 aromatic carbocycles. The van der Waals surface area contributed by atoms with Crippen LogP contribution in [-0.4, -0.2) is 81.1 Å². The van der Waals surface area contributed by atoms with Gasteiger partial charge in [-0.2, -0.15) is 5.10 Å². The molecular weight excluding hydrogens is 502 g/mol. The van der Waals surface area contributed by atoms with Gasteiger partial charge in [0.15, 0.2) is 11.8 Å². The van der Waals surface area contributed by atoms with Crippen molar-refractivity contribution in [2.24, 2.45) is 5.73 Å². The number of benzene rings is 2. The number of likely N-dealkylation sites (tertiary alicyclic amines) is 1. The van der Waals surface area contributed by atoms with Crippen molar-refractivity contribution in [2.45, 2.75) is 44.5 Å². The van der Waals surface area contributed by atoms with Crippen LogP contribution in [0.25, 0.3) is 10.9 Å². The van der Waals surface area contributed by atoms with Crippen LogP contribution in [0.5, 0.6) is 0 Å². The molecule has 3 aliphatic heterocycles. The second kappa shape index (κ2) is 9.61. The zero-order valence-corrected chi connectivity index (χ0v) is 21.5. The molecule has 12 heteroatoms. The number of urea groups is 1. The lowest BCUT2D eigenvalue weighted by atomic mass is 9.98. The normalized spacial score (nSPS) is 19.8. The van der Waals surface area contributed by atoms with Gasteiger partial charge in [-0.25, -0.2) is 9.59 Å². The van der Waals surface area contributed by atoms with E-state index in [4.69, 9.17) is 10.5 Å². The predicted molar refractivity (Wildman–Crippen MR) is 141 cm³/mol. The number of piperidine rings is 1. The highest BCUT2D eigenvalue weighted by Gasteiger charge is 2.36. The molecule has 6 rings (SSSR count). The first kappa shape index (κ1) is 24.7. The average Bonchev–Trinajstić information content (AvgIpc) is 3.33. The summed E-state index contributed by atoms with van der Waals surface area (Å²) in [4.78, 5) is 55.8. The van der Waals surface area contributed by atoms with Gasteiger partial charge in [-0.3, -0.25) is 14.7 Å². The number of fused-ring (bicyclic) bond motifs is 4. The van der Waals surface area contributed by atoms with Crippen molar-refractivity contribution in [3.8, 4) is 0 Å². The number of likely N-dealkylation sites (N-methyl/N-ethyl adjacent to an activating group) is 1. The number of carbonyl (C=O) groups is 4. The second-order valence-electron chi connectivity index (χ2n) is 10.3. The van der Waals surface area contributed by atoms with Crippen LogP contribution in [0.2, 0.25) is 0 Å². The Morgan fingerprint density at radius 3 is 2.59 bits per heavy atom. The fourth-order valence-corrected chi connectivity index (χ4v) is 5.79. The first-order chi connectivity index (χ1) is 18.8. The lowest BCUT2D eigenvalue weighted by molar-refractivity contribution is -0.139. The molecule has 0 radical (unpaired) electrons. The van der Waals surface area contributed by atoms with E-state index in [1.807, 2.05) is 35.2 Å². The first-order valence-corrected chi connectivity index (χ1v) is 12.9. The number of nitrogens with zero attached hydrogens (tertiary/aromatic N) is 4. The molecule has 12 nitrogen and oxygen atoms in total. The summed E-state index contributed by atoms with van der Waals surface area (Å²) in [5.41, 5.74) is 9.72. The Balaban J connectivity index is 1.13. The van der Waals surface area contributed by atoms with E-state index in [1.54, 1.807) is 18.0 Å². The molecule has 1 saturated heterocycles. The molecule has 1 atom stereocenters. The van der Waals surface area contributed by atoms with Gasteiger partial charge in [0.1, 0.15) is 0 Å². The maximum Gasteiger partial charge on any atom is 0.410 e. The van der Waals surface area contributed by atoms with Crippen molar-refractivity contribution in [2.75, 3.05) is 25.5 Å². The highest BCUT2D eigenvalue weighted by atomic mass is 16.6. The minimum absolute atomic E-state index is 0.00301. The summed E-state index contributed by atoms with van der Waals surface area (Å²) in [7, 11) is 1.63. The smallest absolute Gasteiger partial charge is 0.410 e. The predicted octanol–water partition coefficient (Wildman–Crippen LogP) is 2.19. The highest BCUT2D eigenvalue weighted by molar-refractivity contribution is 6.05. The lowest BCUT2D eigenvalue weighted by Crippen LogP contribution is -2.51. The third-order valence-electron chi connectivity index (χ3n) is 7.89. The summed E-state index contributed by atoms with van der Waals surface area (Å²) in [6.45, 7) is 1.59. The van der Waals surface area contributed by atoms with Crippen LogP contribution in [0, 0.1) is 0 Å². The van der Waals surface area contributed by atoms with Gasteiger partial charge in [-0.15, -0.1) is 0 Å². The van der Waals surface area contributed by atoms with E-state index in [0.717, 1.165) is 22.4 Å². The number of aromatic amines is 1. The molecular formula is C27H29N7O5. The third-order valence-corrected chi connectivity index (χ3v) is 7.89. The number of primary amides is 1. The third kappa shape index (κ3) is 4.41. The van der Waals surface area contributed by atoms with Crippen molar-refractivity contribution in [1.82, 2.24) is 24.9 Å². The van der Waals surface area contributed by atoms with E-state index in [0.29, 0.717) is 43.4 Å². The van der Waals surface area contributed by atoms with Crippen LogP contribution in [0.3, 0.4) is 0 Å². The Morgan fingerprint density at radius 2 is 1.82 bits per heavy atom. The Bertz CT molecular complexity index is 1490. The molecule has 0 bridgehead atoms. The number of nitrogens with one attached hydrogen (secondary N) is 2. The molecule has 39 heavy (non-hydrogen) atoms. The zero-order chi connectivity index (χ0) is 27.3. The number of rotatable bonds is 3. The van der Waals surface area contributed by atoms with E-state index >= 15 is 0 Å². The standard InChI is InChI=1S/C27H29N7O5/c1-32-14-18-15(6-7-20-22(18)23(24(28)35)31-30-20)12-21(25(32)36)39-27(38)33-10-8-17(9-11-33)34-13-16-4-2-3-5-19(16)29-26(34)37/h2-7,17,21H,8-14H2,1H3,(H2,28,35)(H,29,37)(H,30,31). The lowest BCUT2D eigenvalue weighted by Gasteiger charge is -2.40. The molecule has 1 fully saturated rings. The Hall–Kier alpha value is -4.61. The molecule has 0 aliphatic carbocycles. The molecule has 202 valence electrons. The zero-order valence-electron chi connectivity index (χ0n) is 21.5. The topological polar surface area (TPSA) is 154 Å². The summed E-state index contributed by atoms with van der Waals surface area (Å²) in [6, 6.07) is 11.2. The van der Waals surface area contributed by atoms with Gasteiger partial charge >= 0.3 is 12.1 Å². The van der Waals surface area contributed by atoms with E-state index in [2.05, 4.69) is 15.5 Å². The number of amides is 5. The number of carbonyl (C=O) groups excluding carboxylic acids is 4. The van der Waals surface area contributed by atoms with Crippen LogP contribution in [0.4, 0.5) is 15.3 Å². The van der Waals surface area contributed by atoms with E-state index in [9.17, 15) is 19.2 Å². The molecule has 4 N–H and O–H groups in total. The Labute approximate surface area is 224 Å². The van der Waals surface area contributed by atoms with Gasteiger partial charge in [-0.1, -0.05) is 24.3 Å². The summed E-state index contributed by atoms with van der Waals surface area (Å²) < 4.78 is 5.76. The first-order valence-electron chi connectivity index (χ1n) is 12.9. The average molecular weight is 532 g/mol. The van der Waals surface area contributed by atoms with Gasteiger partial charge in [-0.05, 0) is 41.7 Å². The fourth-order valence-electron chi connectivity index (χ4n) is 5.79. The maximum atomic E-state index is 13.2. The molecule has 3 aliphatic rings. The molecule has 3 aromatic rings. The van der Waals surface area contributed by atoms with E-state index in [1.165, 1.54) is 4.90 Å². The molecule has 1 aromatic heterocycles. The summed E-state index contributed by atoms with van der Waals surface area (Å²) >= 11 is 0. The van der Waals surface area contributed by atoms with Crippen molar-refractivity contribution in [3.63, 3.8) is 0 Å². The van der Waals surface area contributed by atoms with Gasteiger partial charge in [0.05, 0.1) is 5.52 Å². The number of hydrogen-bond donors (Lipinski definition) is 3. The van der Waals surface area contributed by atoms with Crippen molar-refractivity contribution in [3.05, 3.63) is 58.8 Å². The van der Waals surface area contributed by atoms with Crippen LogP contribution >= 0.6 is 0 Å². The van der Waals surface area contributed by atoms with Crippen LogP contribution in [-0.2, 0) is 29.0 Å². The van der Waals surface area contributed by atoms with Crippen LogP contribution in [0.1, 0.15) is 40.0 Å². The number of aromatic nitrogens is 2. The molecule has 0 spiro atoms. The quantitative estimate of drug-likeness (QED) is 0.471. The summed E-state index contributed by atoms with van der Waals surface area (Å²) in [5, 5.41) is 10.4. The van der Waals surface area contributed by atoms with Crippen molar-refractivity contribution >= 4 is 40.5 Å². The number of ether oxygens (including phenoxy) is 1. The van der Waals surface area contributed by atoms with E-state index < -0.39 is 18.1 Å². The largest absolute Gasteiger partial charge is 0.436 e. The number of H-pyrrole nitrogens is 1. The van der Waals surface area contributed by atoms with Crippen molar-refractivity contribution in [1.29, 1.82) is 0 Å². The van der Waals surface area contributed by atoms with Gasteiger partial charge in [0, 0.05) is 56.8 Å². The number of anilines is 1. The maximum absolute atomic E-state index is 13.2. The summed E-state index contributed by atoms with van der Waals surface area (Å²) in [5.74, 6) is -0.985. The molecule has 1 unspecified atom stereocenters. The van der Waals surface area contributed by atoms with Gasteiger partial charge in [0.2, 0.25) is 0 Å². The fraction of sp³-hybridized carbons (Fsp3) is 0.370. The van der Waals surface area contributed by atoms with Crippen LogP contribution < -0.4 is 11.1 Å². The minimum atomic E-state index is -1.01. The number of nitrogens with two attached hydrogens (primary N) is 1. The monoisotopic (exact) mass is 531 g/mol. The molecule has 4 heterocycles. The Kier molecular flexibility index (Phi) is 6.09. The van der Waals surface area contributed by atoms with Gasteiger partial charge < -0.3 is 30.5 Å². The SMILES string of the molecule is CN1Cc2c(ccc3[nH]nc(C(N)=O)c23)CC(OC(=O)N2CCC(N3Cc4ccccc4NC3=O)CC2)C1=O. The number of para-hydroxylation sites is 1. The van der Waals surface area contributed by atoms with Gasteiger partial charge in [0.25, 0.3) is 11.8 Å². The Morgan fingerprint density at radius 1 is 1.05 bits per heavy atom. The highest BCUT2D eigenvalue weighted by Crippen LogP contribution is 2.31. The molecule has 5 amide bonds. The van der Waals surface area contributed by atoms with Crippen molar-refractivity contribution < 1.29 is 23.9 Å². The second-order valence-corrected chi connectivity index (χ2v) is 10.3. The molecule has 0 saturated carbocycles. The number of hydrogen-bond acceptors (Lipinski definition) is 6. The minimum Gasteiger partial charge on any atom is -0.436 e. The summed E-state index contributed by atoms with van der Waals surface area (Å²) in [6.07, 6.45) is -0.166. The van der Waals surface area contributed by atoms with Crippen LogP contribution in [0.15, 0.2) is 36.4 Å².